The SMILES string of the molecule is Cc1ccc(N=Nc2cn(C)c3ccc(F)cc23)cc1. The van der Waals surface area contributed by atoms with Gasteiger partial charge in [-0.3, -0.25) is 0 Å². The molecule has 1 heterocycles. The molecule has 0 aliphatic heterocycles. The average molecular weight is 267 g/mol. The lowest BCUT2D eigenvalue weighted by molar-refractivity contribution is 0.629. The zero-order valence-electron chi connectivity index (χ0n) is 11.3. The van der Waals surface area contributed by atoms with Gasteiger partial charge in [0.2, 0.25) is 0 Å². The fraction of sp³-hybridized carbons (Fsp3) is 0.125. The normalized spacial score (nSPS) is 11.6. The monoisotopic (exact) mass is 267 g/mol. The summed E-state index contributed by atoms with van der Waals surface area (Å²) in [6, 6.07) is 12.5. The molecule has 100 valence electrons. The Labute approximate surface area is 116 Å². The maximum atomic E-state index is 13.4. The molecule has 0 spiro atoms. The van der Waals surface area contributed by atoms with Gasteiger partial charge in [-0.1, -0.05) is 17.7 Å². The Bertz CT molecular complexity index is 785. The van der Waals surface area contributed by atoms with Gasteiger partial charge >= 0.3 is 0 Å². The third-order valence-electron chi connectivity index (χ3n) is 3.24. The summed E-state index contributed by atoms with van der Waals surface area (Å²) in [5.41, 5.74) is 3.56. The van der Waals surface area contributed by atoms with E-state index in [1.165, 1.54) is 17.7 Å². The van der Waals surface area contributed by atoms with Crippen LogP contribution in [0.3, 0.4) is 0 Å². The van der Waals surface area contributed by atoms with E-state index in [9.17, 15) is 4.39 Å². The van der Waals surface area contributed by atoms with E-state index in [1.807, 2.05) is 49.0 Å². The molecule has 0 atom stereocenters. The van der Waals surface area contributed by atoms with E-state index < -0.39 is 0 Å². The molecule has 4 heteroatoms. The van der Waals surface area contributed by atoms with Crippen molar-refractivity contribution in [3.63, 3.8) is 0 Å². The quantitative estimate of drug-likeness (QED) is 0.582. The molecule has 1 aromatic heterocycles. The lowest BCUT2D eigenvalue weighted by Gasteiger charge is -1.95. The molecular weight excluding hydrogens is 253 g/mol. The predicted octanol–water partition coefficient (Wildman–Crippen LogP) is 5.04. The molecule has 0 aliphatic carbocycles. The van der Waals surface area contributed by atoms with Crippen molar-refractivity contribution < 1.29 is 4.39 Å². The highest BCUT2D eigenvalue weighted by atomic mass is 19.1. The first-order chi connectivity index (χ1) is 9.63. The second-order valence-electron chi connectivity index (χ2n) is 4.82. The first-order valence-electron chi connectivity index (χ1n) is 6.36. The zero-order chi connectivity index (χ0) is 14.1. The number of aromatic nitrogens is 1. The standard InChI is InChI=1S/C16H14FN3/c1-11-3-6-13(7-4-11)18-19-15-10-20(2)16-8-5-12(17)9-14(15)16/h3-10H,1-2H3. The molecule has 0 unspecified atom stereocenters. The van der Waals surface area contributed by atoms with Crippen LogP contribution in [0.1, 0.15) is 5.56 Å². The number of rotatable bonds is 2. The topological polar surface area (TPSA) is 29.6 Å². The van der Waals surface area contributed by atoms with Gasteiger partial charge < -0.3 is 4.57 Å². The number of fused-ring (bicyclic) bond motifs is 1. The Morgan fingerprint density at radius 1 is 1.00 bits per heavy atom. The van der Waals surface area contributed by atoms with E-state index in [-0.39, 0.29) is 5.82 Å². The van der Waals surface area contributed by atoms with Crippen molar-refractivity contribution >= 4 is 22.3 Å². The molecule has 0 bridgehead atoms. The summed E-state index contributed by atoms with van der Waals surface area (Å²) >= 11 is 0. The minimum absolute atomic E-state index is 0.268. The molecule has 3 aromatic rings. The van der Waals surface area contributed by atoms with Gasteiger partial charge in [-0.15, -0.1) is 5.11 Å². The van der Waals surface area contributed by atoms with E-state index in [2.05, 4.69) is 10.2 Å². The van der Waals surface area contributed by atoms with Crippen LogP contribution in [-0.2, 0) is 7.05 Å². The summed E-state index contributed by atoms with van der Waals surface area (Å²) in [7, 11) is 1.91. The summed E-state index contributed by atoms with van der Waals surface area (Å²) in [6.45, 7) is 2.02. The van der Waals surface area contributed by atoms with Crippen molar-refractivity contribution in [1.82, 2.24) is 4.57 Å². The van der Waals surface area contributed by atoms with Crippen molar-refractivity contribution in [2.75, 3.05) is 0 Å². The Balaban J connectivity index is 2.02. The maximum absolute atomic E-state index is 13.4. The molecular formula is C16H14FN3. The first-order valence-corrected chi connectivity index (χ1v) is 6.36. The number of aryl methyl sites for hydroxylation is 2. The summed E-state index contributed by atoms with van der Waals surface area (Å²) in [6.07, 6.45) is 1.85. The average Bonchev–Trinajstić information content (AvgIpc) is 2.74. The lowest BCUT2D eigenvalue weighted by atomic mass is 10.2. The van der Waals surface area contributed by atoms with Gasteiger partial charge in [0.25, 0.3) is 0 Å². The molecule has 0 radical (unpaired) electrons. The molecule has 0 saturated carbocycles. The fourth-order valence-corrected chi connectivity index (χ4v) is 2.15. The van der Waals surface area contributed by atoms with Gasteiger partial charge in [-0.05, 0) is 37.3 Å². The fourth-order valence-electron chi connectivity index (χ4n) is 2.15. The van der Waals surface area contributed by atoms with Crippen LogP contribution in [0.2, 0.25) is 0 Å². The number of benzene rings is 2. The molecule has 0 saturated heterocycles. The van der Waals surface area contributed by atoms with Gasteiger partial charge in [0.15, 0.2) is 0 Å². The van der Waals surface area contributed by atoms with Crippen LogP contribution in [0, 0.1) is 12.7 Å². The summed E-state index contributed by atoms with van der Waals surface area (Å²) in [5, 5.41) is 9.20. The lowest BCUT2D eigenvalue weighted by Crippen LogP contribution is -1.83. The van der Waals surface area contributed by atoms with Crippen LogP contribution in [0.25, 0.3) is 10.9 Å². The maximum Gasteiger partial charge on any atom is 0.124 e. The van der Waals surface area contributed by atoms with Crippen molar-refractivity contribution in [2.24, 2.45) is 17.3 Å². The van der Waals surface area contributed by atoms with Crippen molar-refractivity contribution in [1.29, 1.82) is 0 Å². The molecule has 0 fully saturated rings. The highest BCUT2D eigenvalue weighted by Gasteiger charge is 2.06. The highest BCUT2D eigenvalue weighted by molar-refractivity contribution is 5.91. The predicted molar refractivity (Wildman–Crippen MR) is 78.2 cm³/mol. The minimum atomic E-state index is -0.268. The van der Waals surface area contributed by atoms with Crippen molar-refractivity contribution in [3.8, 4) is 0 Å². The number of hydrogen-bond donors (Lipinski definition) is 0. The van der Waals surface area contributed by atoms with E-state index in [0.29, 0.717) is 5.69 Å². The number of hydrogen-bond acceptors (Lipinski definition) is 2. The molecule has 3 nitrogen and oxygen atoms in total. The van der Waals surface area contributed by atoms with Gasteiger partial charge in [-0.2, -0.15) is 5.11 Å². The van der Waals surface area contributed by atoms with Crippen LogP contribution >= 0.6 is 0 Å². The third kappa shape index (κ3) is 2.32. The smallest absolute Gasteiger partial charge is 0.124 e. The first kappa shape index (κ1) is 12.5. The minimum Gasteiger partial charge on any atom is -0.348 e. The Morgan fingerprint density at radius 2 is 1.75 bits per heavy atom. The number of nitrogens with zero attached hydrogens (tertiary/aromatic N) is 3. The summed E-state index contributed by atoms with van der Waals surface area (Å²) in [5.74, 6) is -0.268. The van der Waals surface area contributed by atoms with E-state index >= 15 is 0 Å². The molecule has 0 amide bonds. The molecule has 20 heavy (non-hydrogen) atoms. The Hall–Kier alpha value is -2.49. The highest BCUT2D eigenvalue weighted by Crippen LogP contribution is 2.29. The number of halogens is 1. The van der Waals surface area contributed by atoms with Crippen LogP contribution in [-0.4, -0.2) is 4.57 Å². The Kier molecular flexibility index (Phi) is 3.06. The van der Waals surface area contributed by atoms with Crippen molar-refractivity contribution in [2.45, 2.75) is 6.92 Å². The van der Waals surface area contributed by atoms with Crippen LogP contribution in [0.5, 0.6) is 0 Å². The van der Waals surface area contributed by atoms with E-state index in [1.54, 1.807) is 6.07 Å². The molecule has 3 rings (SSSR count). The van der Waals surface area contributed by atoms with Crippen LogP contribution < -0.4 is 0 Å². The summed E-state index contributed by atoms with van der Waals surface area (Å²) in [4.78, 5) is 0. The molecule has 0 aliphatic rings. The van der Waals surface area contributed by atoms with E-state index in [4.69, 9.17) is 0 Å². The van der Waals surface area contributed by atoms with Gasteiger partial charge in [0, 0.05) is 18.6 Å². The number of azo groups is 1. The molecule has 2 aromatic carbocycles. The Morgan fingerprint density at radius 3 is 2.50 bits per heavy atom. The van der Waals surface area contributed by atoms with Crippen molar-refractivity contribution in [3.05, 3.63) is 60.0 Å². The van der Waals surface area contributed by atoms with Gasteiger partial charge in [0.05, 0.1) is 11.2 Å². The van der Waals surface area contributed by atoms with Gasteiger partial charge in [-0.25, -0.2) is 4.39 Å². The van der Waals surface area contributed by atoms with Crippen LogP contribution in [0.15, 0.2) is 58.9 Å². The largest absolute Gasteiger partial charge is 0.348 e. The van der Waals surface area contributed by atoms with Crippen LogP contribution in [0.4, 0.5) is 15.8 Å². The molecule has 0 N–H and O–H groups in total. The van der Waals surface area contributed by atoms with E-state index in [0.717, 1.165) is 16.6 Å². The second-order valence-corrected chi connectivity index (χ2v) is 4.82. The summed E-state index contributed by atoms with van der Waals surface area (Å²) < 4.78 is 15.3. The third-order valence-corrected chi connectivity index (χ3v) is 3.24. The zero-order valence-corrected chi connectivity index (χ0v) is 11.3. The van der Waals surface area contributed by atoms with Gasteiger partial charge in [0.1, 0.15) is 11.5 Å². The second kappa shape index (κ2) is 4.89.